The van der Waals surface area contributed by atoms with Crippen LogP contribution in [0.25, 0.3) is 0 Å². The highest BCUT2D eigenvalue weighted by molar-refractivity contribution is 7.99. The van der Waals surface area contributed by atoms with Crippen LogP contribution in [0, 0.1) is 13.8 Å². The Bertz CT molecular complexity index is 889. The van der Waals surface area contributed by atoms with Gasteiger partial charge in [0.25, 0.3) is 0 Å². The Morgan fingerprint density at radius 2 is 1.70 bits per heavy atom. The lowest BCUT2D eigenvalue weighted by Crippen LogP contribution is -2.52. The summed E-state index contributed by atoms with van der Waals surface area (Å²) in [5, 5.41) is 3.22. The first-order valence-electron chi connectivity index (χ1n) is 12.2. The van der Waals surface area contributed by atoms with Crippen LogP contribution in [0.5, 0.6) is 0 Å². The number of carbonyl (C=O) groups excluding carboxylic acids is 2. The number of nitrogens with one attached hydrogen (secondary N) is 1. The van der Waals surface area contributed by atoms with E-state index in [1.54, 1.807) is 11.8 Å². The lowest BCUT2D eigenvalue weighted by molar-refractivity contribution is -0.139. The highest BCUT2D eigenvalue weighted by Crippen LogP contribution is 2.20. The minimum absolute atomic E-state index is 0.00474. The second-order valence-electron chi connectivity index (χ2n) is 9.23. The SMILES string of the molecule is CC[C@H](C(=O)NC1CCCC1)N(CCc1ccccc1)C(=O)CSCc1cc(C)cc(C)c1. The van der Waals surface area contributed by atoms with E-state index in [0.717, 1.165) is 25.0 Å². The van der Waals surface area contributed by atoms with E-state index in [-0.39, 0.29) is 17.9 Å². The van der Waals surface area contributed by atoms with E-state index in [2.05, 4.69) is 49.5 Å². The molecule has 1 atom stereocenters. The molecule has 0 spiro atoms. The van der Waals surface area contributed by atoms with Gasteiger partial charge in [0.15, 0.2) is 0 Å². The van der Waals surface area contributed by atoms with Crippen LogP contribution < -0.4 is 5.32 Å². The minimum Gasteiger partial charge on any atom is -0.352 e. The number of aryl methyl sites for hydroxylation is 2. The van der Waals surface area contributed by atoms with Gasteiger partial charge in [0, 0.05) is 18.3 Å². The quantitative estimate of drug-likeness (QED) is 0.479. The maximum atomic E-state index is 13.4. The van der Waals surface area contributed by atoms with Gasteiger partial charge in [-0.2, -0.15) is 0 Å². The molecule has 2 amide bonds. The first-order valence-corrected chi connectivity index (χ1v) is 13.4. The molecule has 4 nitrogen and oxygen atoms in total. The molecule has 3 rings (SSSR count). The maximum absolute atomic E-state index is 13.4. The Kier molecular flexibility index (Phi) is 9.86. The Balaban J connectivity index is 1.65. The maximum Gasteiger partial charge on any atom is 0.243 e. The van der Waals surface area contributed by atoms with E-state index in [1.807, 2.05) is 30.0 Å². The molecule has 178 valence electrons. The number of thioether (sulfide) groups is 1. The van der Waals surface area contributed by atoms with Gasteiger partial charge in [0.2, 0.25) is 11.8 Å². The third-order valence-electron chi connectivity index (χ3n) is 6.35. The zero-order valence-corrected chi connectivity index (χ0v) is 21.1. The minimum atomic E-state index is -0.413. The molecule has 5 heteroatoms. The molecular weight excluding hydrogens is 428 g/mol. The molecule has 0 aliphatic heterocycles. The molecule has 1 aliphatic carbocycles. The van der Waals surface area contributed by atoms with Gasteiger partial charge in [-0.3, -0.25) is 9.59 Å². The van der Waals surface area contributed by atoms with Gasteiger partial charge in [-0.05, 0) is 50.7 Å². The third-order valence-corrected chi connectivity index (χ3v) is 7.34. The summed E-state index contributed by atoms with van der Waals surface area (Å²) in [6.07, 6.45) is 5.82. The van der Waals surface area contributed by atoms with Crippen LogP contribution in [0.3, 0.4) is 0 Å². The van der Waals surface area contributed by atoms with Crippen LogP contribution in [-0.2, 0) is 21.8 Å². The molecule has 1 N–H and O–H groups in total. The zero-order chi connectivity index (χ0) is 23.6. The predicted octanol–water partition coefficient (Wildman–Crippen LogP) is 5.45. The lowest BCUT2D eigenvalue weighted by atomic mass is 10.1. The van der Waals surface area contributed by atoms with Gasteiger partial charge >= 0.3 is 0 Å². The number of rotatable bonds is 11. The molecule has 1 saturated carbocycles. The monoisotopic (exact) mass is 466 g/mol. The summed E-state index contributed by atoms with van der Waals surface area (Å²) < 4.78 is 0. The van der Waals surface area contributed by atoms with Crippen molar-refractivity contribution in [3.63, 3.8) is 0 Å². The van der Waals surface area contributed by atoms with E-state index >= 15 is 0 Å². The van der Waals surface area contributed by atoms with E-state index in [4.69, 9.17) is 0 Å². The average molecular weight is 467 g/mol. The van der Waals surface area contributed by atoms with Crippen molar-refractivity contribution in [2.24, 2.45) is 0 Å². The molecule has 1 fully saturated rings. The Hall–Kier alpha value is -2.27. The van der Waals surface area contributed by atoms with Crippen LogP contribution in [0.2, 0.25) is 0 Å². The fourth-order valence-electron chi connectivity index (χ4n) is 4.75. The number of nitrogens with zero attached hydrogens (tertiary/aromatic N) is 1. The van der Waals surface area contributed by atoms with Gasteiger partial charge in [0.1, 0.15) is 6.04 Å². The van der Waals surface area contributed by atoms with Crippen LogP contribution in [0.1, 0.15) is 61.3 Å². The van der Waals surface area contributed by atoms with Gasteiger partial charge in [-0.1, -0.05) is 79.4 Å². The van der Waals surface area contributed by atoms with E-state index in [9.17, 15) is 9.59 Å². The Morgan fingerprint density at radius 1 is 1.03 bits per heavy atom. The van der Waals surface area contributed by atoms with Gasteiger partial charge in [0.05, 0.1) is 5.75 Å². The summed E-state index contributed by atoms with van der Waals surface area (Å²) in [6.45, 7) is 6.77. The summed E-state index contributed by atoms with van der Waals surface area (Å²) in [4.78, 5) is 28.3. The highest BCUT2D eigenvalue weighted by atomic mass is 32.2. The third kappa shape index (κ3) is 7.92. The molecule has 0 saturated heterocycles. The van der Waals surface area contributed by atoms with Gasteiger partial charge < -0.3 is 10.2 Å². The van der Waals surface area contributed by atoms with Crippen molar-refractivity contribution in [2.75, 3.05) is 12.3 Å². The molecule has 2 aromatic carbocycles. The number of amides is 2. The molecule has 0 aromatic heterocycles. The van der Waals surface area contributed by atoms with Crippen molar-refractivity contribution in [1.29, 1.82) is 0 Å². The molecule has 0 heterocycles. The standard InChI is InChI=1S/C28H38N2O2S/c1-4-26(28(32)29-25-12-8-9-13-25)30(15-14-23-10-6-5-7-11-23)27(31)20-33-19-24-17-21(2)16-22(3)18-24/h5-7,10-11,16-18,25-26H,4,8-9,12-15,19-20H2,1-3H3,(H,29,32)/t26-/m1/s1. The molecule has 2 aromatic rings. The molecule has 0 radical (unpaired) electrons. The molecule has 0 bridgehead atoms. The van der Waals surface area contributed by atoms with Crippen LogP contribution >= 0.6 is 11.8 Å². The molecule has 0 unspecified atom stereocenters. The summed E-state index contributed by atoms with van der Waals surface area (Å²) in [7, 11) is 0. The van der Waals surface area contributed by atoms with Crippen molar-refractivity contribution in [2.45, 2.75) is 77.1 Å². The summed E-state index contributed by atoms with van der Waals surface area (Å²) >= 11 is 1.63. The zero-order valence-electron chi connectivity index (χ0n) is 20.3. The normalized spacial score (nSPS) is 14.8. The van der Waals surface area contributed by atoms with Crippen molar-refractivity contribution in [3.8, 4) is 0 Å². The lowest BCUT2D eigenvalue weighted by Gasteiger charge is -2.31. The smallest absolute Gasteiger partial charge is 0.243 e. The number of hydrogen-bond donors (Lipinski definition) is 1. The van der Waals surface area contributed by atoms with Crippen molar-refractivity contribution >= 4 is 23.6 Å². The molecule has 33 heavy (non-hydrogen) atoms. The van der Waals surface area contributed by atoms with Crippen LogP contribution in [-0.4, -0.2) is 41.1 Å². The molecular formula is C28H38N2O2S. The molecule has 1 aliphatic rings. The number of benzene rings is 2. The number of carbonyl (C=O) groups is 2. The van der Waals surface area contributed by atoms with Crippen LogP contribution in [0.4, 0.5) is 0 Å². The van der Waals surface area contributed by atoms with Crippen molar-refractivity contribution in [1.82, 2.24) is 10.2 Å². The fraction of sp³-hybridized carbons (Fsp3) is 0.500. The topological polar surface area (TPSA) is 49.4 Å². The first-order chi connectivity index (χ1) is 16.0. The summed E-state index contributed by atoms with van der Waals surface area (Å²) in [5.41, 5.74) is 4.92. The highest BCUT2D eigenvalue weighted by Gasteiger charge is 2.30. The fourth-order valence-corrected chi connectivity index (χ4v) is 5.60. The first kappa shape index (κ1) is 25.4. The number of hydrogen-bond acceptors (Lipinski definition) is 3. The Labute approximate surface area is 203 Å². The average Bonchev–Trinajstić information content (AvgIpc) is 3.29. The van der Waals surface area contributed by atoms with Crippen molar-refractivity contribution in [3.05, 3.63) is 70.8 Å². The van der Waals surface area contributed by atoms with E-state index in [1.165, 1.54) is 35.1 Å². The second-order valence-corrected chi connectivity index (χ2v) is 10.2. The summed E-state index contributed by atoms with van der Waals surface area (Å²) in [6, 6.07) is 16.6. The predicted molar refractivity (Wildman–Crippen MR) is 138 cm³/mol. The largest absolute Gasteiger partial charge is 0.352 e. The Morgan fingerprint density at radius 3 is 2.33 bits per heavy atom. The van der Waals surface area contributed by atoms with E-state index in [0.29, 0.717) is 18.7 Å². The van der Waals surface area contributed by atoms with Gasteiger partial charge in [-0.25, -0.2) is 0 Å². The van der Waals surface area contributed by atoms with E-state index < -0.39 is 6.04 Å². The van der Waals surface area contributed by atoms with Crippen LogP contribution in [0.15, 0.2) is 48.5 Å². The summed E-state index contributed by atoms with van der Waals surface area (Å²) in [5.74, 6) is 1.24. The second kappa shape index (κ2) is 12.8. The van der Waals surface area contributed by atoms with Gasteiger partial charge in [-0.15, -0.1) is 11.8 Å². The van der Waals surface area contributed by atoms with Crippen molar-refractivity contribution < 1.29 is 9.59 Å².